The number of amides is 2. The van der Waals surface area contributed by atoms with E-state index in [1.54, 1.807) is 28.9 Å². The molecule has 0 N–H and O–H groups in total. The molecule has 0 aromatic heterocycles. The molecule has 0 bridgehead atoms. The molecule has 1 aromatic rings. The summed E-state index contributed by atoms with van der Waals surface area (Å²) in [5, 5.41) is 0. The van der Waals surface area contributed by atoms with Crippen molar-refractivity contribution in [3.8, 4) is 5.75 Å². The number of benzene rings is 1. The second-order valence-electron chi connectivity index (χ2n) is 6.86. The highest BCUT2D eigenvalue weighted by molar-refractivity contribution is 5.82. The Morgan fingerprint density at radius 1 is 1.24 bits per heavy atom. The van der Waals surface area contributed by atoms with Gasteiger partial charge in [-0.05, 0) is 45.7 Å². The quantitative estimate of drug-likeness (QED) is 0.820. The molecule has 138 valence electrons. The lowest BCUT2D eigenvalue weighted by molar-refractivity contribution is -0.144. The van der Waals surface area contributed by atoms with Crippen molar-refractivity contribution in [1.29, 1.82) is 0 Å². The van der Waals surface area contributed by atoms with E-state index >= 15 is 0 Å². The molecule has 1 unspecified atom stereocenters. The van der Waals surface area contributed by atoms with Gasteiger partial charge in [0.2, 0.25) is 5.91 Å². The number of carbonyl (C=O) groups is 2. The molecule has 2 amide bonds. The summed E-state index contributed by atoms with van der Waals surface area (Å²) in [4.78, 5) is 28.4. The van der Waals surface area contributed by atoms with Gasteiger partial charge in [0, 0.05) is 38.2 Å². The van der Waals surface area contributed by atoms with E-state index in [0.29, 0.717) is 31.7 Å². The fourth-order valence-electron chi connectivity index (χ4n) is 2.94. The summed E-state index contributed by atoms with van der Waals surface area (Å²) in [6, 6.07) is 5.93. The third-order valence-electron chi connectivity index (χ3n) is 4.73. The first-order valence-electron chi connectivity index (χ1n) is 8.77. The molecular formula is C19H27FN2O3. The van der Waals surface area contributed by atoms with Crippen molar-refractivity contribution in [2.45, 2.75) is 45.8 Å². The van der Waals surface area contributed by atoms with Gasteiger partial charge in [0.05, 0.1) is 0 Å². The Hall–Kier alpha value is -2.11. The number of piperidine rings is 1. The zero-order valence-corrected chi connectivity index (χ0v) is 15.4. The topological polar surface area (TPSA) is 49.9 Å². The van der Waals surface area contributed by atoms with Crippen LogP contribution in [-0.2, 0) is 9.59 Å². The molecular weight excluding hydrogens is 323 g/mol. The predicted molar refractivity (Wildman–Crippen MR) is 93.7 cm³/mol. The van der Waals surface area contributed by atoms with Crippen LogP contribution in [0.1, 0.15) is 33.6 Å². The molecule has 1 aliphatic rings. The molecule has 5 nitrogen and oxygen atoms in total. The number of rotatable bonds is 5. The van der Waals surface area contributed by atoms with Crippen molar-refractivity contribution in [3.05, 3.63) is 30.1 Å². The minimum Gasteiger partial charge on any atom is -0.481 e. The van der Waals surface area contributed by atoms with Crippen LogP contribution in [0.25, 0.3) is 0 Å². The summed E-state index contributed by atoms with van der Waals surface area (Å²) in [7, 11) is 1.82. The fraction of sp³-hybridized carbons (Fsp3) is 0.579. The Labute approximate surface area is 148 Å². The lowest BCUT2D eigenvalue weighted by atomic mass is 9.94. The molecule has 1 atom stereocenters. The van der Waals surface area contributed by atoms with E-state index in [4.69, 9.17) is 4.74 Å². The summed E-state index contributed by atoms with van der Waals surface area (Å²) in [5.74, 6) is -0.0790. The number of ether oxygens (including phenoxy) is 1. The lowest BCUT2D eigenvalue weighted by Gasteiger charge is -2.35. The van der Waals surface area contributed by atoms with Crippen molar-refractivity contribution >= 4 is 11.8 Å². The third kappa shape index (κ3) is 4.94. The smallest absolute Gasteiger partial charge is 0.263 e. The van der Waals surface area contributed by atoms with E-state index in [-0.39, 0.29) is 23.8 Å². The Kier molecular flexibility index (Phi) is 6.39. The Balaban J connectivity index is 1.87. The molecule has 1 aromatic carbocycles. The minimum atomic E-state index is -0.688. The highest BCUT2D eigenvalue weighted by atomic mass is 19.1. The molecule has 1 fully saturated rings. The third-order valence-corrected chi connectivity index (χ3v) is 4.73. The maximum atomic E-state index is 13.2. The van der Waals surface area contributed by atoms with Crippen molar-refractivity contribution < 1.29 is 18.7 Å². The first-order valence-corrected chi connectivity index (χ1v) is 8.77. The number of nitrogens with zero attached hydrogens (tertiary/aromatic N) is 2. The Morgan fingerprint density at radius 2 is 1.88 bits per heavy atom. The standard InChI is InChI=1S/C19H27FN2O3/c1-13(2)21(4)19(24)15-8-10-22(11-9-15)18(23)14(3)25-17-7-5-6-16(20)12-17/h5-7,12-15H,8-11H2,1-4H3. The maximum Gasteiger partial charge on any atom is 0.263 e. The first-order chi connectivity index (χ1) is 11.8. The van der Waals surface area contributed by atoms with E-state index in [0.717, 1.165) is 0 Å². The maximum absolute atomic E-state index is 13.2. The summed E-state index contributed by atoms with van der Waals surface area (Å²) in [6.45, 7) is 6.72. The molecule has 25 heavy (non-hydrogen) atoms. The molecule has 2 rings (SSSR count). The average molecular weight is 350 g/mol. The van der Waals surface area contributed by atoms with Crippen LogP contribution in [0.2, 0.25) is 0 Å². The van der Waals surface area contributed by atoms with Crippen LogP contribution < -0.4 is 4.74 Å². The lowest BCUT2D eigenvalue weighted by Crippen LogP contribution is -2.48. The van der Waals surface area contributed by atoms with Gasteiger partial charge in [0.15, 0.2) is 6.10 Å². The number of carbonyl (C=O) groups excluding carboxylic acids is 2. The molecule has 0 saturated carbocycles. The van der Waals surface area contributed by atoms with E-state index in [2.05, 4.69) is 0 Å². The van der Waals surface area contributed by atoms with Crippen molar-refractivity contribution in [2.24, 2.45) is 5.92 Å². The number of hydrogen-bond donors (Lipinski definition) is 0. The Morgan fingerprint density at radius 3 is 2.44 bits per heavy atom. The monoisotopic (exact) mass is 350 g/mol. The van der Waals surface area contributed by atoms with E-state index < -0.39 is 11.9 Å². The van der Waals surface area contributed by atoms with Gasteiger partial charge in [0.1, 0.15) is 11.6 Å². The minimum absolute atomic E-state index is 0.0316. The molecule has 0 spiro atoms. The van der Waals surface area contributed by atoms with Crippen LogP contribution >= 0.6 is 0 Å². The van der Waals surface area contributed by atoms with E-state index in [1.165, 1.54) is 12.1 Å². The summed E-state index contributed by atoms with van der Waals surface area (Å²) < 4.78 is 18.8. The molecule has 1 aliphatic heterocycles. The van der Waals surface area contributed by atoms with E-state index in [1.807, 2.05) is 20.9 Å². The second-order valence-corrected chi connectivity index (χ2v) is 6.86. The van der Waals surface area contributed by atoms with Gasteiger partial charge in [-0.1, -0.05) is 6.07 Å². The second kappa shape index (κ2) is 8.32. The highest BCUT2D eigenvalue weighted by Crippen LogP contribution is 2.22. The highest BCUT2D eigenvalue weighted by Gasteiger charge is 2.31. The normalized spacial score (nSPS) is 16.6. The zero-order valence-electron chi connectivity index (χ0n) is 15.4. The van der Waals surface area contributed by atoms with Gasteiger partial charge in [-0.25, -0.2) is 4.39 Å². The number of halogens is 1. The molecule has 1 saturated heterocycles. The van der Waals surface area contributed by atoms with E-state index in [9.17, 15) is 14.0 Å². The van der Waals surface area contributed by atoms with Crippen LogP contribution in [0, 0.1) is 11.7 Å². The van der Waals surface area contributed by atoms with Gasteiger partial charge >= 0.3 is 0 Å². The van der Waals surface area contributed by atoms with Gasteiger partial charge in [0.25, 0.3) is 5.91 Å². The Bertz CT molecular complexity index is 612. The first kappa shape index (κ1) is 19.2. The summed E-state index contributed by atoms with van der Waals surface area (Å²) >= 11 is 0. The molecule has 0 radical (unpaired) electrons. The predicted octanol–water partition coefficient (Wildman–Crippen LogP) is 2.70. The van der Waals surface area contributed by atoms with Crippen LogP contribution in [0.5, 0.6) is 5.75 Å². The van der Waals surface area contributed by atoms with Crippen molar-refractivity contribution in [3.63, 3.8) is 0 Å². The van der Waals surface area contributed by atoms with Crippen LogP contribution in [-0.4, -0.2) is 53.9 Å². The van der Waals surface area contributed by atoms with Gasteiger partial charge in [-0.15, -0.1) is 0 Å². The summed E-state index contributed by atoms with van der Waals surface area (Å²) in [6.07, 6.45) is 0.634. The van der Waals surface area contributed by atoms with Gasteiger partial charge < -0.3 is 14.5 Å². The SMILES string of the molecule is CC(Oc1cccc(F)c1)C(=O)N1CCC(C(=O)N(C)C(C)C)CC1. The number of hydrogen-bond acceptors (Lipinski definition) is 3. The van der Waals surface area contributed by atoms with Gasteiger partial charge in [-0.2, -0.15) is 0 Å². The molecule has 0 aliphatic carbocycles. The zero-order chi connectivity index (χ0) is 18.6. The molecule has 1 heterocycles. The van der Waals surface area contributed by atoms with Crippen molar-refractivity contribution in [2.75, 3.05) is 20.1 Å². The number of likely N-dealkylation sites (tertiary alicyclic amines) is 1. The van der Waals surface area contributed by atoms with Crippen molar-refractivity contribution in [1.82, 2.24) is 9.80 Å². The molecule has 6 heteroatoms. The van der Waals surface area contributed by atoms with Gasteiger partial charge in [-0.3, -0.25) is 9.59 Å². The fourth-order valence-corrected chi connectivity index (χ4v) is 2.94. The van der Waals surface area contributed by atoms with Crippen LogP contribution in [0.4, 0.5) is 4.39 Å². The van der Waals surface area contributed by atoms with Crippen LogP contribution in [0.3, 0.4) is 0 Å². The summed E-state index contributed by atoms with van der Waals surface area (Å²) in [5.41, 5.74) is 0. The average Bonchev–Trinajstić information content (AvgIpc) is 2.59. The largest absolute Gasteiger partial charge is 0.481 e. The van der Waals surface area contributed by atoms with Crippen LogP contribution in [0.15, 0.2) is 24.3 Å².